The van der Waals surface area contributed by atoms with Crippen LogP contribution in [0.15, 0.2) is 51.4 Å². The molecule has 2 heterocycles. The zero-order valence-electron chi connectivity index (χ0n) is 13.5. The van der Waals surface area contributed by atoms with Crippen LogP contribution in [0.5, 0.6) is 0 Å². The number of amides is 1. The second-order valence-electron chi connectivity index (χ2n) is 5.98. The largest absolute Gasteiger partial charge is 0.423 e. The molecule has 6 nitrogen and oxygen atoms in total. The summed E-state index contributed by atoms with van der Waals surface area (Å²) in [7, 11) is 0. The van der Waals surface area contributed by atoms with Crippen molar-refractivity contribution in [1.82, 2.24) is 9.88 Å². The molecule has 0 saturated carbocycles. The Morgan fingerprint density at radius 1 is 1.12 bits per heavy atom. The summed E-state index contributed by atoms with van der Waals surface area (Å²) >= 11 is 3.44. The number of halogens is 1. The summed E-state index contributed by atoms with van der Waals surface area (Å²) < 4.78 is 6.63. The first-order valence-corrected chi connectivity index (χ1v) is 8.86. The summed E-state index contributed by atoms with van der Waals surface area (Å²) in [6, 6.07) is 13.5. The number of nitrogen functional groups attached to an aromatic ring is 1. The molecule has 25 heavy (non-hydrogen) atoms. The van der Waals surface area contributed by atoms with Crippen LogP contribution in [-0.4, -0.2) is 42.0 Å². The molecule has 3 aromatic rings. The van der Waals surface area contributed by atoms with E-state index >= 15 is 0 Å². The highest BCUT2D eigenvalue weighted by atomic mass is 79.9. The lowest BCUT2D eigenvalue weighted by Gasteiger charge is -2.34. The van der Waals surface area contributed by atoms with Crippen molar-refractivity contribution in [2.24, 2.45) is 0 Å². The first-order valence-electron chi connectivity index (χ1n) is 8.06. The lowest BCUT2D eigenvalue weighted by molar-refractivity contribution is 0.0744. The van der Waals surface area contributed by atoms with Crippen LogP contribution < -0.4 is 10.6 Å². The fourth-order valence-electron chi connectivity index (χ4n) is 2.97. The lowest BCUT2D eigenvalue weighted by Crippen LogP contribution is -2.49. The number of hydrogen-bond donors (Lipinski definition) is 1. The summed E-state index contributed by atoms with van der Waals surface area (Å²) in [4.78, 5) is 21.1. The van der Waals surface area contributed by atoms with Crippen LogP contribution in [0.4, 0.5) is 11.7 Å². The van der Waals surface area contributed by atoms with Gasteiger partial charge in [0.05, 0.1) is 5.56 Å². The molecule has 0 spiro atoms. The minimum atomic E-state index is 0.0393. The summed E-state index contributed by atoms with van der Waals surface area (Å²) in [5.74, 6) is 0.0393. The van der Waals surface area contributed by atoms with Crippen molar-refractivity contribution in [2.75, 3.05) is 36.8 Å². The van der Waals surface area contributed by atoms with Crippen LogP contribution in [-0.2, 0) is 0 Å². The van der Waals surface area contributed by atoms with Crippen LogP contribution in [0, 0.1) is 0 Å². The molecule has 0 aliphatic carbocycles. The van der Waals surface area contributed by atoms with Gasteiger partial charge >= 0.3 is 0 Å². The van der Waals surface area contributed by atoms with Crippen molar-refractivity contribution >= 4 is 44.6 Å². The number of nitrogens with two attached hydrogens (primary N) is 1. The van der Waals surface area contributed by atoms with Crippen LogP contribution in [0.1, 0.15) is 10.4 Å². The maximum Gasteiger partial charge on any atom is 0.298 e. The molecule has 1 amide bonds. The van der Waals surface area contributed by atoms with Crippen molar-refractivity contribution in [3.63, 3.8) is 0 Å². The van der Waals surface area contributed by atoms with E-state index in [0.29, 0.717) is 43.4 Å². The number of rotatable bonds is 2. The number of hydrogen-bond acceptors (Lipinski definition) is 5. The number of carbonyl (C=O) groups excluding carboxylic acids is 1. The Bertz CT molecular complexity index is 932. The third-order valence-corrected chi connectivity index (χ3v) is 5.03. The molecule has 1 saturated heterocycles. The molecule has 0 bridgehead atoms. The van der Waals surface area contributed by atoms with Crippen molar-refractivity contribution in [1.29, 1.82) is 0 Å². The average Bonchev–Trinajstić information content (AvgIpc) is 3.05. The zero-order chi connectivity index (χ0) is 17.4. The minimum Gasteiger partial charge on any atom is -0.423 e. The quantitative estimate of drug-likeness (QED) is 0.668. The predicted octanol–water partition coefficient (Wildman–Crippen LogP) is 3.13. The van der Waals surface area contributed by atoms with Gasteiger partial charge < -0.3 is 20.0 Å². The third kappa shape index (κ3) is 3.07. The van der Waals surface area contributed by atoms with E-state index < -0.39 is 0 Å². The predicted molar refractivity (Wildman–Crippen MR) is 101 cm³/mol. The smallest absolute Gasteiger partial charge is 0.298 e. The number of benzene rings is 2. The first kappa shape index (κ1) is 16.0. The van der Waals surface area contributed by atoms with Gasteiger partial charge in [-0.2, -0.15) is 4.98 Å². The summed E-state index contributed by atoms with van der Waals surface area (Å²) in [6.07, 6.45) is 0. The molecule has 7 heteroatoms. The minimum absolute atomic E-state index is 0.0393. The summed E-state index contributed by atoms with van der Waals surface area (Å²) in [5, 5.41) is 0. The molecular formula is C18H17BrN4O2. The Morgan fingerprint density at radius 3 is 2.64 bits per heavy atom. The zero-order valence-corrected chi connectivity index (χ0v) is 15.1. The number of carbonyl (C=O) groups is 1. The molecule has 0 unspecified atom stereocenters. The molecule has 0 radical (unpaired) electrons. The lowest BCUT2D eigenvalue weighted by atomic mass is 10.2. The SMILES string of the molecule is Nc1ccc2oc(N3CCN(C(=O)c4ccccc4Br)CC3)nc2c1. The van der Waals surface area contributed by atoms with Crippen molar-refractivity contribution < 1.29 is 9.21 Å². The fourth-order valence-corrected chi connectivity index (χ4v) is 3.43. The third-order valence-electron chi connectivity index (χ3n) is 4.34. The number of aromatic nitrogens is 1. The highest BCUT2D eigenvalue weighted by Gasteiger charge is 2.25. The Morgan fingerprint density at radius 2 is 1.88 bits per heavy atom. The van der Waals surface area contributed by atoms with Gasteiger partial charge in [0, 0.05) is 36.3 Å². The average molecular weight is 401 g/mol. The van der Waals surface area contributed by atoms with Gasteiger partial charge in [-0.15, -0.1) is 0 Å². The maximum atomic E-state index is 12.7. The van der Waals surface area contributed by atoms with E-state index in [9.17, 15) is 4.79 Å². The number of nitrogens with zero attached hydrogens (tertiary/aromatic N) is 3. The van der Waals surface area contributed by atoms with Crippen LogP contribution in [0.2, 0.25) is 0 Å². The van der Waals surface area contributed by atoms with Gasteiger partial charge in [-0.25, -0.2) is 0 Å². The van der Waals surface area contributed by atoms with E-state index in [4.69, 9.17) is 10.2 Å². The number of anilines is 2. The second-order valence-corrected chi connectivity index (χ2v) is 6.84. The summed E-state index contributed by atoms with van der Waals surface area (Å²) in [6.45, 7) is 2.61. The molecule has 2 N–H and O–H groups in total. The molecule has 2 aromatic carbocycles. The van der Waals surface area contributed by atoms with E-state index in [1.165, 1.54) is 0 Å². The van der Waals surface area contributed by atoms with Gasteiger partial charge in [-0.3, -0.25) is 4.79 Å². The summed E-state index contributed by atoms with van der Waals surface area (Å²) in [5.41, 5.74) is 8.61. The molecule has 1 aliphatic heterocycles. The number of piperazine rings is 1. The maximum absolute atomic E-state index is 12.7. The Labute approximate surface area is 153 Å². The normalized spacial score (nSPS) is 14.9. The van der Waals surface area contributed by atoms with Crippen molar-refractivity contribution in [3.8, 4) is 0 Å². The van der Waals surface area contributed by atoms with Crippen molar-refractivity contribution in [2.45, 2.75) is 0 Å². The molecule has 128 valence electrons. The number of oxazole rings is 1. The molecule has 1 aliphatic rings. The van der Waals surface area contributed by atoms with Crippen molar-refractivity contribution in [3.05, 3.63) is 52.5 Å². The van der Waals surface area contributed by atoms with Gasteiger partial charge in [0.2, 0.25) is 0 Å². The topological polar surface area (TPSA) is 75.6 Å². The van der Waals surface area contributed by atoms with Crippen LogP contribution in [0.25, 0.3) is 11.1 Å². The Hall–Kier alpha value is -2.54. The standard InChI is InChI=1S/C18H17BrN4O2/c19-14-4-2-1-3-13(14)17(24)22-7-9-23(10-8-22)18-21-15-11-12(20)5-6-16(15)25-18/h1-6,11H,7-10,20H2. The van der Waals surface area contributed by atoms with E-state index in [-0.39, 0.29) is 5.91 Å². The van der Waals surface area contributed by atoms with E-state index in [0.717, 1.165) is 15.6 Å². The second kappa shape index (κ2) is 6.40. The molecule has 0 atom stereocenters. The van der Waals surface area contributed by atoms with Gasteiger partial charge in [0.15, 0.2) is 5.58 Å². The number of fused-ring (bicyclic) bond motifs is 1. The first-order chi connectivity index (χ1) is 12.1. The van der Waals surface area contributed by atoms with Gasteiger partial charge in [0.25, 0.3) is 11.9 Å². The molecular weight excluding hydrogens is 384 g/mol. The molecule has 1 fully saturated rings. The monoisotopic (exact) mass is 400 g/mol. The van der Waals surface area contributed by atoms with Crippen LogP contribution >= 0.6 is 15.9 Å². The Kier molecular flexibility index (Phi) is 4.09. The van der Waals surface area contributed by atoms with E-state index in [1.54, 1.807) is 12.1 Å². The van der Waals surface area contributed by atoms with Gasteiger partial charge in [-0.1, -0.05) is 12.1 Å². The van der Waals surface area contributed by atoms with Gasteiger partial charge in [0.1, 0.15) is 5.52 Å². The Balaban J connectivity index is 1.47. The van der Waals surface area contributed by atoms with Gasteiger partial charge in [-0.05, 0) is 46.3 Å². The molecule has 4 rings (SSSR count). The van der Waals surface area contributed by atoms with Crippen LogP contribution in [0.3, 0.4) is 0 Å². The highest BCUT2D eigenvalue weighted by molar-refractivity contribution is 9.10. The van der Waals surface area contributed by atoms with E-state index in [2.05, 4.69) is 25.8 Å². The van der Waals surface area contributed by atoms with E-state index in [1.807, 2.05) is 35.2 Å². The molecule has 1 aromatic heterocycles. The highest BCUT2D eigenvalue weighted by Crippen LogP contribution is 2.25. The fraction of sp³-hybridized carbons (Fsp3) is 0.222.